The van der Waals surface area contributed by atoms with E-state index in [0.717, 1.165) is 17.7 Å². The Bertz CT molecular complexity index is 919. The maximum atomic E-state index is 13.6. The van der Waals surface area contributed by atoms with Crippen molar-refractivity contribution in [3.05, 3.63) is 65.0 Å². The van der Waals surface area contributed by atoms with Gasteiger partial charge in [-0.1, -0.05) is 28.9 Å². The van der Waals surface area contributed by atoms with Crippen LogP contribution in [0.1, 0.15) is 5.89 Å². The molecule has 2 aromatic carbocycles. The first-order valence-corrected chi connectivity index (χ1v) is 7.88. The molecule has 9 heteroatoms. The van der Waals surface area contributed by atoms with E-state index < -0.39 is 11.6 Å². The molecule has 128 valence electrons. The van der Waals surface area contributed by atoms with Crippen LogP contribution >= 0.6 is 23.8 Å². The number of anilines is 1. The molecule has 0 aliphatic rings. The summed E-state index contributed by atoms with van der Waals surface area (Å²) in [5.74, 6) is -0.729. The summed E-state index contributed by atoms with van der Waals surface area (Å²) in [5, 5.41) is 9.99. The van der Waals surface area contributed by atoms with Crippen LogP contribution in [0.4, 0.5) is 14.5 Å². The number of aromatic nitrogens is 2. The summed E-state index contributed by atoms with van der Waals surface area (Å²) < 4.78 is 31.5. The lowest BCUT2D eigenvalue weighted by atomic mass is 10.2. The summed E-state index contributed by atoms with van der Waals surface area (Å²) in [6.45, 7) is 0.141. The summed E-state index contributed by atoms with van der Waals surface area (Å²) >= 11 is 11.0. The number of nitrogens with zero attached hydrogens (tertiary/aromatic N) is 2. The van der Waals surface area contributed by atoms with Crippen LogP contribution in [0.15, 0.2) is 47.0 Å². The number of hydrogen-bond donors (Lipinski definition) is 2. The first-order valence-electron chi connectivity index (χ1n) is 7.10. The van der Waals surface area contributed by atoms with E-state index in [4.69, 9.17) is 28.3 Å². The SMILES string of the molecule is Fc1ccc(NC(=S)NCc2nc(-c3cccc(Cl)c3)no2)c(F)c1. The quantitative estimate of drug-likeness (QED) is 0.663. The van der Waals surface area contributed by atoms with Gasteiger partial charge in [-0.3, -0.25) is 0 Å². The zero-order valence-corrected chi connectivity index (χ0v) is 14.2. The third kappa shape index (κ3) is 4.49. The van der Waals surface area contributed by atoms with Gasteiger partial charge >= 0.3 is 0 Å². The maximum Gasteiger partial charge on any atom is 0.246 e. The molecule has 2 N–H and O–H groups in total. The number of thiocarbonyl (C=S) groups is 1. The predicted molar refractivity (Wildman–Crippen MR) is 94.2 cm³/mol. The summed E-state index contributed by atoms with van der Waals surface area (Å²) in [6, 6.07) is 10.2. The number of benzene rings is 2. The molecular formula is C16H11ClF2N4OS. The topological polar surface area (TPSA) is 63.0 Å². The Kier molecular flexibility index (Phi) is 5.20. The molecule has 1 aromatic heterocycles. The molecule has 0 aliphatic carbocycles. The molecule has 0 saturated heterocycles. The van der Waals surface area contributed by atoms with Gasteiger partial charge in [0.2, 0.25) is 11.7 Å². The average molecular weight is 381 g/mol. The number of halogens is 3. The molecular weight excluding hydrogens is 370 g/mol. The van der Waals surface area contributed by atoms with Crippen molar-refractivity contribution >= 4 is 34.6 Å². The largest absolute Gasteiger partial charge is 0.353 e. The molecule has 3 rings (SSSR count). The van der Waals surface area contributed by atoms with Crippen molar-refractivity contribution in [3.63, 3.8) is 0 Å². The van der Waals surface area contributed by atoms with E-state index in [1.807, 2.05) is 0 Å². The van der Waals surface area contributed by atoms with E-state index in [9.17, 15) is 8.78 Å². The van der Waals surface area contributed by atoms with Crippen molar-refractivity contribution < 1.29 is 13.3 Å². The van der Waals surface area contributed by atoms with Gasteiger partial charge in [0.1, 0.15) is 11.6 Å². The fraction of sp³-hybridized carbons (Fsp3) is 0.0625. The molecule has 3 aromatic rings. The average Bonchev–Trinajstić information content (AvgIpc) is 3.05. The molecule has 25 heavy (non-hydrogen) atoms. The summed E-state index contributed by atoms with van der Waals surface area (Å²) in [7, 11) is 0. The third-order valence-corrected chi connectivity index (χ3v) is 3.61. The minimum atomic E-state index is -0.745. The molecule has 0 saturated carbocycles. The van der Waals surface area contributed by atoms with Gasteiger partial charge in [0.15, 0.2) is 5.11 Å². The van der Waals surface area contributed by atoms with E-state index in [1.165, 1.54) is 6.07 Å². The van der Waals surface area contributed by atoms with Crippen molar-refractivity contribution in [1.29, 1.82) is 0 Å². The van der Waals surface area contributed by atoms with E-state index in [1.54, 1.807) is 24.3 Å². The molecule has 5 nitrogen and oxygen atoms in total. The van der Waals surface area contributed by atoms with Crippen LogP contribution in [-0.4, -0.2) is 15.3 Å². The van der Waals surface area contributed by atoms with E-state index in [-0.39, 0.29) is 17.3 Å². The van der Waals surface area contributed by atoms with Crippen molar-refractivity contribution in [2.75, 3.05) is 5.32 Å². The molecule has 1 heterocycles. The minimum Gasteiger partial charge on any atom is -0.353 e. The van der Waals surface area contributed by atoms with Gasteiger partial charge in [0.25, 0.3) is 0 Å². The number of rotatable bonds is 4. The Morgan fingerprint density at radius 2 is 2.04 bits per heavy atom. The molecule has 0 spiro atoms. The molecule has 0 radical (unpaired) electrons. The van der Waals surface area contributed by atoms with E-state index in [0.29, 0.717) is 16.7 Å². The van der Waals surface area contributed by atoms with Crippen LogP contribution in [0, 0.1) is 11.6 Å². The fourth-order valence-electron chi connectivity index (χ4n) is 1.98. The predicted octanol–water partition coefficient (Wildman–Crippen LogP) is 4.15. The lowest BCUT2D eigenvalue weighted by Gasteiger charge is -2.09. The number of hydrogen-bond acceptors (Lipinski definition) is 4. The van der Waals surface area contributed by atoms with Gasteiger partial charge in [0.05, 0.1) is 12.2 Å². The van der Waals surface area contributed by atoms with Crippen LogP contribution in [0.5, 0.6) is 0 Å². The molecule has 0 atom stereocenters. The first-order chi connectivity index (χ1) is 12.0. The first kappa shape index (κ1) is 17.2. The minimum absolute atomic E-state index is 0.0593. The van der Waals surface area contributed by atoms with Crippen LogP contribution < -0.4 is 10.6 Å². The highest BCUT2D eigenvalue weighted by Gasteiger charge is 2.10. The highest BCUT2D eigenvalue weighted by Crippen LogP contribution is 2.20. The Balaban J connectivity index is 1.59. The Morgan fingerprint density at radius 1 is 1.20 bits per heavy atom. The zero-order valence-electron chi connectivity index (χ0n) is 12.6. The smallest absolute Gasteiger partial charge is 0.246 e. The molecule has 0 amide bonds. The summed E-state index contributed by atoms with van der Waals surface area (Å²) in [5.41, 5.74) is 0.778. The third-order valence-electron chi connectivity index (χ3n) is 3.13. The molecule has 0 aliphatic heterocycles. The molecule has 0 unspecified atom stereocenters. The summed E-state index contributed by atoms with van der Waals surface area (Å²) in [4.78, 5) is 4.22. The lowest BCUT2D eigenvalue weighted by molar-refractivity contribution is 0.376. The highest BCUT2D eigenvalue weighted by atomic mass is 35.5. The number of nitrogens with one attached hydrogen (secondary N) is 2. The van der Waals surface area contributed by atoms with Crippen molar-refractivity contribution in [3.8, 4) is 11.4 Å². The van der Waals surface area contributed by atoms with Crippen molar-refractivity contribution in [1.82, 2.24) is 15.5 Å². The Morgan fingerprint density at radius 3 is 2.80 bits per heavy atom. The normalized spacial score (nSPS) is 10.5. The van der Waals surface area contributed by atoms with Gasteiger partial charge in [-0.05, 0) is 36.5 Å². The second kappa shape index (κ2) is 7.54. The van der Waals surface area contributed by atoms with Crippen LogP contribution in [0.3, 0.4) is 0 Å². The van der Waals surface area contributed by atoms with E-state index in [2.05, 4.69) is 20.8 Å². The Hall–Kier alpha value is -2.58. The highest BCUT2D eigenvalue weighted by molar-refractivity contribution is 7.80. The second-order valence-electron chi connectivity index (χ2n) is 4.95. The van der Waals surface area contributed by atoms with E-state index >= 15 is 0 Å². The Labute approximate surface area is 152 Å². The van der Waals surface area contributed by atoms with Gasteiger partial charge in [-0.25, -0.2) is 8.78 Å². The van der Waals surface area contributed by atoms with Gasteiger partial charge in [0, 0.05) is 16.7 Å². The van der Waals surface area contributed by atoms with Crippen LogP contribution in [0.2, 0.25) is 5.02 Å². The molecule has 0 fully saturated rings. The van der Waals surface area contributed by atoms with Crippen LogP contribution in [0.25, 0.3) is 11.4 Å². The van der Waals surface area contributed by atoms with Crippen molar-refractivity contribution in [2.24, 2.45) is 0 Å². The maximum absolute atomic E-state index is 13.6. The van der Waals surface area contributed by atoms with Gasteiger partial charge < -0.3 is 15.2 Å². The van der Waals surface area contributed by atoms with Gasteiger partial charge in [-0.15, -0.1) is 0 Å². The van der Waals surface area contributed by atoms with Gasteiger partial charge in [-0.2, -0.15) is 4.98 Å². The monoisotopic (exact) mass is 380 g/mol. The standard InChI is InChI=1S/C16H11ClF2N4OS/c17-10-3-1-2-9(6-10)15-22-14(24-23-15)8-20-16(25)21-13-5-4-11(18)7-12(13)19/h1-7H,8H2,(H2,20,21,25). The van der Waals surface area contributed by atoms with Crippen LogP contribution in [-0.2, 0) is 6.54 Å². The van der Waals surface area contributed by atoms with Crippen molar-refractivity contribution in [2.45, 2.75) is 6.54 Å². The summed E-state index contributed by atoms with van der Waals surface area (Å²) in [6.07, 6.45) is 0. The molecule has 0 bridgehead atoms. The fourth-order valence-corrected chi connectivity index (χ4v) is 2.36. The zero-order chi connectivity index (χ0) is 17.8. The second-order valence-corrected chi connectivity index (χ2v) is 5.80. The lowest BCUT2D eigenvalue weighted by Crippen LogP contribution is -2.28.